The maximum atomic E-state index is 12.6. The zero-order chi connectivity index (χ0) is 13.8. The molecule has 1 aromatic carbocycles. The van der Waals surface area contributed by atoms with Gasteiger partial charge in [-0.25, -0.2) is 0 Å². The standard InChI is InChI=1S/C17H18N2O/c20-17(14-7-2-1-3-8-14)19-12-6-10-16(19)13-15-9-4-5-11-18-15/h1-5,7-9,11,16H,6,10,12-13H2. The first kappa shape index (κ1) is 12.9. The SMILES string of the molecule is O=C(c1ccccc1)N1CCCC1Cc1ccccn1. The summed E-state index contributed by atoms with van der Waals surface area (Å²) in [6, 6.07) is 15.8. The molecule has 1 aliphatic rings. The van der Waals surface area contributed by atoms with Gasteiger partial charge >= 0.3 is 0 Å². The molecular weight excluding hydrogens is 248 g/mol. The van der Waals surface area contributed by atoms with Crippen LogP contribution in [0.1, 0.15) is 28.9 Å². The first-order valence-corrected chi connectivity index (χ1v) is 7.10. The highest BCUT2D eigenvalue weighted by Crippen LogP contribution is 2.22. The van der Waals surface area contributed by atoms with Crippen LogP contribution in [-0.4, -0.2) is 28.4 Å². The van der Waals surface area contributed by atoms with Gasteiger partial charge in [0.25, 0.3) is 5.91 Å². The lowest BCUT2D eigenvalue weighted by atomic mass is 10.1. The van der Waals surface area contributed by atoms with E-state index in [0.29, 0.717) is 0 Å². The van der Waals surface area contributed by atoms with Crippen LogP contribution in [0.3, 0.4) is 0 Å². The fourth-order valence-corrected chi connectivity index (χ4v) is 2.82. The van der Waals surface area contributed by atoms with Crippen LogP contribution in [-0.2, 0) is 6.42 Å². The second-order valence-corrected chi connectivity index (χ2v) is 5.19. The summed E-state index contributed by atoms with van der Waals surface area (Å²) in [6.07, 6.45) is 4.80. The van der Waals surface area contributed by atoms with Crippen molar-refractivity contribution in [2.45, 2.75) is 25.3 Å². The summed E-state index contributed by atoms with van der Waals surface area (Å²) in [7, 11) is 0. The number of aromatic nitrogens is 1. The molecule has 3 heteroatoms. The Balaban J connectivity index is 1.74. The minimum atomic E-state index is 0.143. The summed E-state index contributed by atoms with van der Waals surface area (Å²) < 4.78 is 0. The van der Waals surface area contributed by atoms with Gasteiger partial charge in [-0.2, -0.15) is 0 Å². The predicted molar refractivity (Wildman–Crippen MR) is 78.4 cm³/mol. The maximum absolute atomic E-state index is 12.6. The van der Waals surface area contributed by atoms with Crippen LogP contribution in [0.5, 0.6) is 0 Å². The van der Waals surface area contributed by atoms with Gasteiger partial charge in [0, 0.05) is 36.5 Å². The molecule has 0 spiro atoms. The Kier molecular flexibility index (Phi) is 3.77. The van der Waals surface area contributed by atoms with E-state index < -0.39 is 0 Å². The molecule has 0 radical (unpaired) electrons. The van der Waals surface area contributed by atoms with Gasteiger partial charge in [0.05, 0.1) is 0 Å². The molecule has 1 amide bonds. The Morgan fingerprint density at radius 1 is 1.15 bits per heavy atom. The first-order valence-electron chi connectivity index (χ1n) is 7.10. The normalized spacial score (nSPS) is 18.2. The lowest BCUT2D eigenvalue weighted by molar-refractivity contribution is 0.0736. The zero-order valence-corrected chi connectivity index (χ0v) is 11.4. The van der Waals surface area contributed by atoms with Gasteiger partial charge in [0.1, 0.15) is 0 Å². The van der Waals surface area contributed by atoms with E-state index in [-0.39, 0.29) is 11.9 Å². The van der Waals surface area contributed by atoms with E-state index in [1.807, 2.05) is 59.6 Å². The smallest absolute Gasteiger partial charge is 0.254 e. The van der Waals surface area contributed by atoms with Crippen molar-refractivity contribution in [1.82, 2.24) is 9.88 Å². The Bertz CT molecular complexity index is 568. The molecule has 1 fully saturated rings. The van der Waals surface area contributed by atoms with Crippen LogP contribution in [0.25, 0.3) is 0 Å². The quantitative estimate of drug-likeness (QED) is 0.855. The van der Waals surface area contributed by atoms with E-state index in [2.05, 4.69) is 4.98 Å². The molecule has 3 nitrogen and oxygen atoms in total. The zero-order valence-electron chi connectivity index (χ0n) is 11.4. The van der Waals surface area contributed by atoms with E-state index in [9.17, 15) is 4.79 Å². The van der Waals surface area contributed by atoms with Gasteiger partial charge in [-0.05, 0) is 37.1 Å². The predicted octanol–water partition coefficient (Wildman–Crippen LogP) is 2.93. The van der Waals surface area contributed by atoms with E-state index in [1.165, 1.54) is 0 Å². The summed E-state index contributed by atoms with van der Waals surface area (Å²) in [6.45, 7) is 0.852. The number of amides is 1. The molecule has 102 valence electrons. The minimum absolute atomic E-state index is 0.143. The topological polar surface area (TPSA) is 33.2 Å². The molecule has 0 saturated carbocycles. The van der Waals surface area contributed by atoms with E-state index >= 15 is 0 Å². The van der Waals surface area contributed by atoms with Gasteiger partial charge in [-0.3, -0.25) is 9.78 Å². The highest BCUT2D eigenvalue weighted by atomic mass is 16.2. The third-order valence-electron chi connectivity index (χ3n) is 3.83. The summed E-state index contributed by atoms with van der Waals surface area (Å²) in [5.41, 5.74) is 1.84. The summed E-state index contributed by atoms with van der Waals surface area (Å²) >= 11 is 0. The molecule has 0 bridgehead atoms. The average molecular weight is 266 g/mol. The van der Waals surface area contributed by atoms with Crippen LogP contribution < -0.4 is 0 Å². The largest absolute Gasteiger partial charge is 0.335 e. The number of carbonyl (C=O) groups is 1. The fraction of sp³-hybridized carbons (Fsp3) is 0.294. The molecule has 0 N–H and O–H groups in total. The Hall–Kier alpha value is -2.16. The van der Waals surface area contributed by atoms with Crippen LogP contribution in [0.2, 0.25) is 0 Å². The van der Waals surface area contributed by atoms with Crippen molar-refractivity contribution in [3.05, 3.63) is 66.0 Å². The summed E-state index contributed by atoms with van der Waals surface area (Å²) in [4.78, 5) is 18.9. The van der Waals surface area contributed by atoms with Gasteiger partial charge in [0.15, 0.2) is 0 Å². The van der Waals surface area contributed by atoms with Crippen molar-refractivity contribution in [1.29, 1.82) is 0 Å². The summed E-state index contributed by atoms with van der Waals surface area (Å²) in [5.74, 6) is 0.143. The fourth-order valence-electron chi connectivity index (χ4n) is 2.82. The molecule has 3 rings (SSSR count). The molecule has 0 aliphatic carbocycles. The van der Waals surface area contributed by atoms with Crippen molar-refractivity contribution in [3.8, 4) is 0 Å². The lowest BCUT2D eigenvalue weighted by Gasteiger charge is -2.24. The first-order chi connectivity index (χ1) is 9.84. The van der Waals surface area contributed by atoms with Crippen molar-refractivity contribution >= 4 is 5.91 Å². The van der Waals surface area contributed by atoms with Crippen molar-refractivity contribution in [3.63, 3.8) is 0 Å². The van der Waals surface area contributed by atoms with Crippen molar-refractivity contribution < 1.29 is 4.79 Å². The van der Waals surface area contributed by atoms with Gasteiger partial charge in [-0.1, -0.05) is 24.3 Å². The number of hydrogen-bond acceptors (Lipinski definition) is 2. The Morgan fingerprint density at radius 3 is 2.70 bits per heavy atom. The summed E-state index contributed by atoms with van der Waals surface area (Å²) in [5, 5.41) is 0. The van der Waals surface area contributed by atoms with E-state index in [1.54, 1.807) is 0 Å². The van der Waals surface area contributed by atoms with Crippen LogP contribution >= 0.6 is 0 Å². The van der Waals surface area contributed by atoms with E-state index in [4.69, 9.17) is 0 Å². The number of carbonyl (C=O) groups excluding carboxylic acids is 1. The van der Waals surface area contributed by atoms with Crippen LogP contribution in [0.15, 0.2) is 54.7 Å². The lowest BCUT2D eigenvalue weighted by Crippen LogP contribution is -2.36. The molecule has 1 atom stereocenters. The number of benzene rings is 1. The maximum Gasteiger partial charge on any atom is 0.254 e. The highest BCUT2D eigenvalue weighted by Gasteiger charge is 2.29. The second kappa shape index (κ2) is 5.87. The second-order valence-electron chi connectivity index (χ2n) is 5.19. The number of pyridine rings is 1. The number of nitrogens with zero attached hydrogens (tertiary/aromatic N) is 2. The molecule has 1 aromatic heterocycles. The molecule has 20 heavy (non-hydrogen) atoms. The molecule has 1 unspecified atom stereocenters. The van der Waals surface area contributed by atoms with Gasteiger partial charge in [-0.15, -0.1) is 0 Å². The van der Waals surface area contributed by atoms with Crippen molar-refractivity contribution in [2.24, 2.45) is 0 Å². The molecule has 1 saturated heterocycles. The average Bonchev–Trinajstić information content (AvgIpc) is 2.96. The van der Waals surface area contributed by atoms with Crippen LogP contribution in [0, 0.1) is 0 Å². The Labute approximate surface area is 119 Å². The van der Waals surface area contributed by atoms with Crippen molar-refractivity contribution in [2.75, 3.05) is 6.54 Å². The highest BCUT2D eigenvalue weighted by molar-refractivity contribution is 5.94. The van der Waals surface area contributed by atoms with Crippen LogP contribution in [0.4, 0.5) is 0 Å². The minimum Gasteiger partial charge on any atom is -0.335 e. The van der Waals surface area contributed by atoms with Gasteiger partial charge in [0.2, 0.25) is 0 Å². The molecule has 2 heterocycles. The number of rotatable bonds is 3. The molecule has 1 aliphatic heterocycles. The molecule has 2 aromatic rings. The van der Waals surface area contributed by atoms with E-state index in [0.717, 1.165) is 37.1 Å². The number of hydrogen-bond donors (Lipinski definition) is 0. The van der Waals surface area contributed by atoms with Gasteiger partial charge < -0.3 is 4.90 Å². The third kappa shape index (κ3) is 2.72. The Morgan fingerprint density at radius 2 is 1.95 bits per heavy atom. The molecular formula is C17H18N2O. The monoisotopic (exact) mass is 266 g/mol. The number of likely N-dealkylation sites (tertiary alicyclic amines) is 1. The third-order valence-corrected chi connectivity index (χ3v) is 3.83.